The van der Waals surface area contributed by atoms with Gasteiger partial charge in [-0.1, -0.05) is 105 Å². The summed E-state index contributed by atoms with van der Waals surface area (Å²) >= 11 is 0. The molecule has 0 saturated heterocycles. The van der Waals surface area contributed by atoms with Crippen LogP contribution in [0.2, 0.25) is 0 Å². The molecule has 0 spiro atoms. The van der Waals surface area contributed by atoms with Crippen LogP contribution in [-0.2, 0) is 12.6 Å². The number of methoxy groups -OCH3 is 3. The van der Waals surface area contributed by atoms with E-state index in [0.717, 1.165) is 29.9 Å². The summed E-state index contributed by atoms with van der Waals surface area (Å²) in [6, 6.07) is 26.0. The Bertz CT molecular complexity index is 934. The summed E-state index contributed by atoms with van der Waals surface area (Å²) in [7, 11) is 5.18. The Hall–Kier alpha value is -2.88. The van der Waals surface area contributed by atoms with E-state index in [1.54, 1.807) is 21.3 Å². The maximum absolute atomic E-state index is 5.46. The molecule has 1 unspecified atom stereocenters. The normalized spacial score (nSPS) is 11.7. The highest BCUT2D eigenvalue weighted by atomic mass is 16.5. The van der Waals surface area contributed by atoms with Gasteiger partial charge in [0.2, 0.25) is 0 Å². The van der Waals surface area contributed by atoms with Crippen molar-refractivity contribution in [2.24, 2.45) is 0 Å². The fraction of sp³-hybridized carbons (Fsp3) is 0.438. The van der Waals surface area contributed by atoms with Crippen LogP contribution in [0.25, 0.3) is 0 Å². The smallest absolute Gasteiger partial charge is 0.157 e. The van der Waals surface area contributed by atoms with E-state index < -0.39 is 0 Å². The van der Waals surface area contributed by atoms with Gasteiger partial charge in [0, 0.05) is 0 Å². The van der Waals surface area contributed by atoms with Gasteiger partial charge < -0.3 is 14.2 Å². The predicted molar refractivity (Wildman–Crippen MR) is 153 cm³/mol. The van der Waals surface area contributed by atoms with Crippen molar-refractivity contribution in [1.29, 1.82) is 0 Å². The lowest BCUT2D eigenvalue weighted by Gasteiger charge is -2.26. The molecule has 0 saturated carbocycles. The average Bonchev–Trinajstić information content (AvgIpc) is 2.93. The third-order valence-electron chi connectivity index (χ3n) is 7.30. The molecular formula is C32H43BO3. The second kappa shape index (κ2) is 15.3. The van der Waals surface area contributed by atoms with Crippen molar-refractivity contribution in [2.75, 3.05) is 21.3 Å². The summed E-state index contributed by atoms with van der Waals surface area (Å²) in [6.07, 6.45) is 11.2. The van der Waals surface area contributed by atoms with E-state index in [0.29, 0.717) is 12.5 Å². The third-order valence-corrected chi connectivity index (χ3v) is 7.30. The molecule has 0 amide bonds. The molecule has 0 N–H and O–H groups in total. The monoisotopic (exact) mass is 486 g/mol. The molecule has 3 rings (SSSR count). The number of rotatable bonds is 16. The van der Waals surface area contributed by atoms with Gasteiger partial charge in [-0.3, -0.25) is 0 Å². The minimum atomic E-state index is 0.478. The highest BCUT2D eigenvalue weighted by Crippen LogP contribution is 2.31. The number of benzene rings is 3. The van der Waals surface area contributed by atoms with Gasteiger partial charge >= 0.3 is 0 Å². The van der Waals surface area contributed by atoms with Crippen LogP contribution < -0.4 is 14.2 Å². The van der Waals surface area contributed by atoms with Gasteiger partial charge in [0.05, 0.1) is 21.3 Å². The summed E-state index contributed by atoms with van der Waals surface area (Å²) < 4.78 is 16.3. The quantitative estimate of drug-likeness (QED) is 0.151. The van der Waals surface area contributed by atoms with Crippen molar-refractivity contribution in [1.82, 2.24) is 0 Å². The molecule has 0 aliphatic carbocycles. The minimum Gasteiger partial charge on any atom is -0.497 e. The summed E-state index contributed by atoms with van der Waals surface area (Å²) in [5, 5.41) is 0. The summed E-state index contributed by atoms with van der Waals surface area (Å²) in [6.45, 7) is 2.76. The average molecular weight is 487 g/mol. The van der Waals surface area contributed by atoms with E-state index in [1.165, 1.54) is 61.6 Å². The van der Waals surface area contributed by atoms with Gasteiger partial charge in [-0.2, -0.15) is 0 Å². The van der Waals surface area contributed by atoms with Gasteiger partial charge in [0.15, 0.2) is 6.71 Å². The predicted octanol–water partition coefficient (Wildman–Crippen LogP) is 8.14. The zero-order valence-electron chi connectivity index (χ0n) is 22.7. The fourth-order valence-electron chi connectivity index (χ4n) is 5.16. The second-order valence-corrected chi connectivity index (χ2v) is 9.80. The fourth-order valence-corrected chi connectivity index (χ4v) is 5.16. The Morgan fingerprint density at radius 3 is 1.42 bits per heavy atom. The van der Waals surface area contributed by atoms with Gasteiger partial charge in [-0.05, 0) is 54.9 Å². The largest absolute Gasteiger partial charge is 0.497 e. The highest BCUT2D eigenvalue weighted by Gasteiger charge is 2.27. The van der Waals surface area contributed by atoms with Crippen LogP contribution in [0.15, 0.2) is 72.8 Å². The SMILES string of the molecule is CCCCCCCCC(B(Cc1ccc(OC)cc1)Cc1ccc(OC)cc1)c1ccc(OC)cc1. The van der Waals surface area contributed by atoms with Crippen LogP contribution >= 0.6 is 0 Å². The molecule has 0 heterocycles. The lowest BCUT2D eigenvalue weighted by molar-refractivity contribution is 0.414. The number of unbranched alkanes of at least 4 members (excludes halogenated alkanes) is 5. The Morgan fingerprint density at radius 1 is 0.556 bits per heavy atom. The van der Waals surface area contributed by atoms with Gasteiger partial charge in [0.25, 0.3) is 0 Å². The first-order valence-corrected chi connectivity index (χ1v) is 13.6. The first-order chi connectivity index (χ1) is 17.7. The Kier molecular flexibility index (Phi) is 11.8. The van der Waals surface area contributed by atoms with Gasteiger partial charge in [-0.25, -0.2) is 0 Å². The lowest BCUT2D eigenvalue weighted by atomic mass is 9.34. The summed E-state index contributed by atoms with van der Waals surface area (Å²) in [4.78, 5) is 0. The summed E-state index contributed by atoms with van der Waals surface area (Å²) in [5.41, 5.74) is 4.13. The van der Waals surface area contributed by atoms with Gasteiger partial charge in [0.1, 0.15) is 17.2 Å². The Balaban J connectivity index is 1.86. The van der Waals surface area contributed by atoms with E-state index in [1.807, 2.05) is 0 Å². The third kappa shape index (κ3) is 8.66. The van der Waals surface area contributed by atoms with Crippen molar-refractivity contribution in [3.8, 4) is 17.2 Å². The first kappa shape index (κ1) is 27.7. The Labute approximate surface area is 219 Å². The molecular weight excluding hydrogens is 443 g/mol. The topological polar surface area (TPSA) is 27.7 Å². The molecule has 192 valence electrons. The second-order valence-electron chi connectivity index (χ2n) is 9.80. The zero-order valence-corrected chi connectivity index (χ0v) is 22.7. The maximum atomic E-state index is 5.46. The standard InChI is InChI=1S/C32H43BO3/c1-5-6-7-8-9-10-11-32(28-16-22-31(36-4)23-17-28)33(24-26-12-18-29(34-2)19-13-26)25-27-14-20-30(35-3)21-15-27/h12-23,32H,5-11,24-25H2,1-4H3. The molecule has 3 aromatic carbocycles. The van der Waals surface area contributed by atoms with E-state index in [9.17, 15) is 0 Å². The van der Waals surface area contributed by atoms with Crippen LogP contribution in [0, 0.1) is 0 Å². The van der Waals surface area contributed by atoms with Gasteiger partial charge in [-0.15, -0.1) is 0 Å². The van der Waals surface area contributed by atoms with Crippen molar-refractivity contribution in [3.05, 3.63) is 89.5 Å². The number of hydrogen-bond donors (Lipinski definition) is 0. The highest BCUT2D eigenvalue weighted by molar-refractivity contribution is 6.59. The molecule has 4 heteroatoms. The van der Waals surface area contributed by atoms with Crippen LogP contribution in [-0.4, -0.2) is 28.0 Å². The maximum Gasteiger partial charge on any atom is 0.157 e. The van der Waals surface area contributed by atoms with Crippen molar-refractivity contribution in [3.63, 3.8) is 0 Å². The molecule has 0 aliphatic rings. The zero-order chi connectivity index (χ0) is 25.6. The molecule has 0 bridgehead atoms. The molecule has 1 atom stereocenters. The van der Waals surface area contributed by atoms with E-state index >= 15 is 0 Å². The Morgan fingerprint density at radius 2 is 0.972 bits per heavy atom. The van der Waals surface area contributed by atoms with E-state index in [2.05, 4.69) is 79.7 Å². The molecule has 3 aromatic rings. The first-order valence-electron chi connectivity index (χ1n) is 13.6. The molecule has 36 heavy (non-hydrogen) atoms. The molecule has 0 aromatic heterocycles. The molecule has 0 radical (unpaired) electrons. The van der Waals surface area contributed by atoms with E-state index in [-0.39, 0.29) is 0 Å². The van der Waals surface area contributed by atoms with Crippen LogP contribution in [0.5, 0.6) is 17.2 Å². The van der Waals surface area contributed by atoms with Crippen molar-refractivity contribution < 1.29 is 14.2 Å². The molecule has 0 fully saturated rings. The van der Waals surface area contributed by atoms with E-state index in [4.69, 9.17) is 14.2 Å². The van der Waals surface area contributed by atoms with Crippen LogP contribution in [0.3, 0.4) is 0 Å². The molecule has 3 nitrogen and oxygen atoms in total. The van der Waals surface area contributed by atoms with Crippen LogP contribution in [0.1, 0.15) is 74.4 Å². The minimum absolute atomic E-state index is 0.478. The number of hydrogen-bond acceptors (Lipinski definition) is 3. The number of ether oxygens (including phenoxy) is 3. The van der Waals surface area contributed by atoms with Crippen LogP contribution in [0.4, 0.5) is 0 Å². The molecule has 0 aliphatic heterocycles. The summed E-state index contributed by atoms with van der Waals surface area (Å²) in [5.74, 6) is 3.21. The van der Waals surface area contributed by atoms with Crippen molar-refractivity contribution in [2.45, 2.75) is 70.3 Å². The van der Waals surface area contributed by atoms with Crippen molar-refractivity contribution >= 4 is 6.71 Å². The lowest BCUT2D eigenvalue weighted by Crippen LogP contribution is -2.30.